The van der Waals surface area contributed by atoms with Crippen LogP contribution in [-0.4, -0.2) is 0 Å². The van der Waals surface area contributed by atoms with Crippen LogP contribution in [0.3, 0.4) is 0 Å². The number of hydrogen-bond acceptors (Lipinski definition) is 2. The van der Waals surface area contributed by atoms with Crippen molar-refractivity contribution in [3.8, 4) is 44.5 Å². The largest absolute Gasteiger partial charge is 0.456 e. The zero-order valence-electron chi connectivity index (χ0n) is 36.7. The molecule has 0 saturated carbocycles. The van der Waals surface area contributed by atoms with E-state index in [0.717, 1.165) is 44.6 Å². The number of nitrogens with zero attached hydrogens (tertiary/aromatic N) is 1. The Morgan fingerprint density at radius 2 is 0.806 bits per heavy atom. The zero-order chi connectivity index (χ0) is 44.3. The van der Waals surface area contributed by atoms with Gasteiger partial charge in [-0.3, -0.25) is 0 Å². The first-order valence-electron chi connectivity index (χ1n) is 23.1. The standard InChI is InChI=1S/C65H43NO/c1-3-21-52(22-4-1)65(53-23-5-2-6-24-53)61-27-11-9-25-57(61)58-37-35-56(43-62(58)65)66(55-36-38-64-60(42-55)59-26-10-12-28-63(59)67-64)54-33-31-45(32-34-54)47-17-13-18-48(39-47)49-19-14-20-50(41-49)51-30-29-44-15-7-8-16-46(44)40-51/h1-43H. The van der Waals surface area contributed by atoms with Crippen LogP contribution in [0.5, 0.6) is 0 Å². The SMILES string of the molecule is c1ccc(C2(c3ccccc3)c3ccccc3-c3ccc(N(c4ccc(-c5cccc(-c6cccc(-c7ccc8ccccc8c7)c6)c5)cc4)c4ccc5oc6ccccc6c5c4)cc32)cc1. The van der Waals surface area contributed by atoms with Gasteiger partial charge in [0.05, 0.1) is 5.41 Å². The molecule has 2 heteroatoms. The Kier molecular flexibility index (Phi) is 9.11. The van der Waals surface area contributed by atoms with Gasteiger partial charge in [-0.05, 0) is 144 Å². The van der Waals surface area contributed by atoms with Gasteiger partial charge >= 0.3 is 0 Å². The summed E-state index contributed by atoms with van der Waals surface area (Å²) in [5, 5.41) is 4.70. The van der Waals surface area contributed by atoms with Crippen LogP contribution in [0.1, 0.15) is 22.3 Å². The third-order valence-corrected chi connectivity index (χ3v) is 13.9. The molecule has 0 aliphatic heterocycles. The molecule has 0 spiro atoms. The molecule has 0 bridgehead atoms. The van der Waals surface area contributed by atoms with Gasteiger partial charge in [0.15, 0.2) is 0 Å². The fourth-order valence-electron chi connectivity index (χ4n) is 10.8. The fourth-order valence-corrected chi connectivity index (χ4v) is 10.8. The average Bonchev–Trinajstić information content (AvgIpc) is 3.93. The van der Waals surface area contributed by atoms with Crippen molar-refractivity contribution in [3.63, 3.8) is 0 Å². The molecule has 2 nitrogen and oxygen atoms in total. The van der Waals surface area contributed by atoms with Crippen molar-refractivity contribution < 1.29 is 4.42 Å². The van der Waals surface area contributed by atoms with Gasteiger partial charge < -0.3 is 9.32 Å². The van der Waals surface area contributed by atoms with Gasteiger partial charge in [0.2, 0.25) is 0 Å². The van der Waals surface area contributed by atoms with E-state index in [2.05, 4.69) is 254 Å². The maximum atomic E-state index is 6.35. The zero-order valence-corrected chi connectivity index (χ0v) is 36.7. The summed E-state index contributed by atoms with van der Waals surface area (Å²) in [5.74, 6) is 0. The Hall–Kier alpha value is -8.72. The molecular weight excluding hydrogens is 811 g/mol. The highest BCUT2D eigenvalue weighted by Crippen LogP contribution is 2.57. The summed E-state index contributed by atoms with van der Waals surface area (Å²) in [6.07, 6.45) is 0. The van der Waals surface area contributed by atoms with Crippen molar-refractivity contribution in [2.45, 2.75) is 5.41 Å². The molecule has 13 rings (SSSR count). The smallest absolute Gasteiger partial charge is 0.135 e. The first-order chi connectivity index (χ1) is 33.2. The lowest BCUT2D eigenvalue weighted by atomic mass is 9.67. The number of benzene rings is 11. The van der Waals surface area contributed by atoms with E-state index in [4.69, 9.17) is 4.42 Å². The molecule has 12 aromatic rings. The molecule has 67 heavy (non-hydrogen) atoms. The van der Waals surface area contributed by atoms with Gasteiger partial charge in [0.25, 0.3) is 0 Å². The van der Waals surface area contributed by atoms with Crippen LogP contribution in [0.25, 0.3) is 77.2 Å². The van der Waals surface area contributed by atoms with Crippen LogP contribution < -0.4 is 4.90 Å². The van der Waals surface area contributed by atoms with Crippen LogP contribution >= 0.6 is 0 Å². The van der Waals surface area contributed by atoms with Crippen LogP contribution in [0.4, 0.5) is 17.1 Å². The number of anilines is 3. The number of hydrogen-bond donors (Lipinski definition) is 0. The first kappa shape index (κ1) is 38.7. The van der Waals surface area contributed by atoms with E-state index in [9.17, 15) is 0 Å². The molecule has 0 N–H and O–H groups in total. The Morgan fingerprint density at radius 3 is 1.54 bits per heavy atom. The average molecular weight is 854 g/mol. The predicted octanol–water partition coefficient (Wildman–Crippen LogP) is 17.6. The van der Waals surface area contributed by atoms with Crippen molar-refractivity contribution in [1.82, 2.24) is 0 Å². The summed E-state index contributed by atoms with van der Waals surface area (Å²) in [4.78, 5) is 2.41. The third-order valence-electron chi connectivity index (χ3n) is 13.9. The summed E-state index contributed by atoms with van der Waals surface area (Å²) in [6.45, 7) is 0. The molecule has 1 aromatic heterocycles. The van der Waals surface area contributed by atoms with Gasteiger partial charge in [-0.1, -0.05) is 194 Å². The predicted molar refractivity (Wildman–Crippen MR) is 280 cm³/mol. The minimum Gasteiger partial charge on any atom is -0.456 e. The number of rotatable bonds is 8. The molecule has 0 unspecified atom stereocenters. The lowest BCUT2D eigenvalue weighted by Crippen LogP contribution is -2.28. The highest BCUT2D eigenvalue weighted by molar-refractivity contribution is 6.06. The van der Waals surface area contributed by atoms with Crippen molar-refractivity contribution in [1.29, 1.82) is 0 Å². The molecule has 0 amide bonds. The summed E-state index contributed by atoms with van der Waals surface area (Å²) < 4.78 is 6.35. The molecule has 1 aliphatic carbocycles. The van der Waals surface area contributed by atoms with E-state index in [1.165, 1.54) is 72.0 Å². The molecule has 0 saturated heterocycles. The van der Waals surface area contributed by atoms with Crippen molar-refractivity contribution in [2.24, 2.45) is 0 Å². The van der Waals surface area contributed by atoms with Crippen LogP contribution in [0.2, 0.25) is 0 Å². The molecular formula is C65H43NO. The summed E-state index contributed by atoms with van der Waals surface area (Å²) in [7, 11) is 0. The van der Waals surface area contributed by atoms with E-state index in [1.54, 1.807) is 0 Å². The highest BCUT2D eigenvalue weighted by atomic mass is 16.3. The highest BCUT2D eigenvalue weighted by Gasteiger charge is 2.46. The second kappa shape index (κ2) is 15.8. The minimum absolute atomic E-state index is 0.523. The van der Waals surface area contributed by atoms with Gasteiger partial charge in [-0.2, -0.15) is 0 Å². The number of fused-ring (bicyclic) bond motifs is 7. The monoisotopic (exact) mass is 853 g/mol. The minimum atomic E-state index is -0.523. The topological polar surface area (TPSA) is 16.4 Å². The van der Waals surface area contributed by atoms with Crippen molar-refractivity contribution >= 4 is 49.8 Å². The van der Waals surface area contributed by atoms with Crippen LogP contribution in [0.15, 0.2) is 265 Å². The number of furan rings is 1. The van der Waals surface area contributed by atoms with E-state index in [1.807, 2.05) is 12.1 Å². The van der Waals surface area contributed by atoms with Crippen molar-refractivity contribution in [2.75, 3.05) is 4.90 Å². The van der Waals surface area contributed by atoms with Gasteiger partial charge in [0, 0.05) is 27.8 Å². The Labute approximate surface area is 390 Å². The lowest BCUT2D eigenvalue weighted by molar-refractivity contribution is 0.669. The number of para-hydroxylation sites is 1. The van der Waals surface area contributed by atoms with Crippen molar-refractivity contribution in [3.05, 3.63) is 283 Å². The Morgan fingerprint density at radius 1 is 0.284 bits per heavy atom. The molecule has 0 fully saturated rings. The van der Waals surface area contributed by atoms with Gasteiger partial charge in [0.1, 0.15) is 11.2 Å². The summed E-state index contributed by atoms with van der Waals surface area (Å²) in [6, 6.07) is 95.2. The Bertz CT molecular complexity index is 3770. The quantitative estimate of drug-likeness (QED) is 0.151. The van der Waals surface area contributed by atoms with E-state index >= 15 is 0 Å². The molecule has 0 radical (unpaired) electrons. The first-order valence-corrected chi connectivity index (χ1v) is 23.1. The molecule has 11 aromatic carbocycles. The molecule has 314 valence electrons. The van der Waals surface area contributed by atoms with Crippen LogP contribution in [0, 0.1) is 0 Å². The summed E-state index contributed by atoms with van der Waals surface area (Å²) in [5.41, 5.74) is 19.1. The summed E-state index contributed by atoms with van der Waals surface area (Å²) >= 11 is 0. The Balaban J connectivity index is 0.937. The lowest BCUT2D eigenvalue weighted by Gasteiger charge is -2.35. The maximum absolute atomic E-state index is 6.35. The normalized spacial score (nSPS) is 12.6. The second-order valence-corrected chi connectivity index (χ2v) is 17.6. The van der Waals surface area contributed by atoms with Crippen LogP contribution in [-0.2, 0) is 5.41 Å². The molecule has 1 aliphatic rings. The fraction of sp³-hybridized carbons (Fsp3) is 0.0154. The van der Waals surface area contributed by atoms with Gasteiger partial charge in [-0.15, -0.1) is 0 Å². The van der Waals surface area contributed by atoms with E-state index < -0.39 is 5.41 Å². The maximum Gasteiger partial charge on any atom is 0.135 e. The third kappa shape index (κ3) is 6.41. The van der Waals surface area contributed by atoms with E-state index in [0.29, 0.717) is 0 Å². The van der Waals surface area contributed by atoms with Gasteiger partial charge in [-0.25, -0.2) is 0 Å². The second-order valence-electron chi connectivity index (χ2n) is 17.6. The molecule has 1 heterocycles. The van der Waals surface area contributed by atoms with E-state index in [-0.39, 0.29) is 0 Å². The molecule has 0 atom stereocenters.